The Kier molecular flexibility index (Phi) is 6.41. The molecular weight excluding hydrogens is 342 g/mol. The maximum absolute atomic E-state index is 12.9. The fourth-order valence-corrected chi connectivity index (χ4v) is 9.58. The van der Waals surface area contributed by atoms with Crippen molar-refractivity contribution >= 4 is 29.4 Å². The summed E-state index contributed by atoms with van der Waals surface area (Å²) in [5, 5.41) is 2.75. The Hall–Kier alpha value is -1.23. The molecule has 2 aromatic rings. The summed E-state index contributed by atoms with van der Waals surface area (Å²) in [5.41, 5.74) is 0.178. The fourth-order valence-electron chi connectivity index (χ4n) is 3.31. The van der Waals surface area contributed by atoms with E-state index >= 15 is 0 Å². The van der Waals surface area contributed by atoms with Gasteiger partial charge in [0.05, 0.1) is 15.7 Å². The standard InChI is InChI=1S/C21H31NOSSi/c1-17(2)20(22-24(23)21(3,4)5)25(6,18-13-9-7-10-14-18)19-15-11-8-12-16-19/h7-17,20,22H,1-6H3/t20-,24-/m1/s1. The van der Waals surface area contributed by atoms with Gasteiger partial charge in [-0.2, -0.15) is 0 Å². The van der Waals surface area contributed by atoms with Crippen LogP contribution < -0.4 is 15.1 Å². The minimum Gasteiger partial charge on any atom is -0.242 e. The van der Waals surface area contributed by atoms with Gasteiger partial charge in [-0.1, -0.05) is 91.4 Å². The predicted molar refractivity (Wildman–Crippen MR) is 113 cm³/mol. The van der Waals surface area contributed by atoms with Gasteiger partial charge < -0.3 is 0 Å². The molecule has 25 heavy (non-hydrogen) atoms. The summed E-state index contributed by atoms with van der Waals surface area (Å²) in [6.07, 6.45) is 0. The van der Waals surface area contributed by atoms with Crippen molar-refractivity contribution < 1.29 is 4.21 Å². The Morgan fingerprint density at radius 2 is 1.28 bits per heavy atom. The summed E-state index contributed by atoms with van der Waals surface area (Å²) >= 11 is 0. The minimum atomic E-state index is -2.14. The lowest BCUT2D eigenvalue weighted by atomic mass is 10.2. The largest absolute Gasteiger partial charge is 0.242 e. The normalized spacial score (nSPS) is 15.2. The molecule has 0 fully saturated rings. The highest BCUT2D eigenvalue weighted by Gasteiger charge is 2.43. The molecule has 0 aromatic heterocycles. The smallest absolute Gasteiger partial charge is 0.133 e. The topological polar surface area (TPSA) is 29.1 Å². The summed E-state index contributed by atoms with van der Waals surface area (Å²) in [6.45, 7) is 12.9. The molecule has 136 valence electrons. The third-order valence-electron chi connectivity index (χ3n) is 4.83. The Balaban J connectivity index is 2.58. The van der Waals surface area contributed by atoms with Crippen molar-refractivity contribution in [2.24, 2.45) is 5.92 Å². The molecule has 0 amide bonds. The van der Waals surface area contributed by atoms with Crippen molar-refractivity contribution in [1.29, 1.82) is 0 Å². The summed E-state index contributed by atoms with van der Waals surface area (Å²) in [5.74, 6) is 0.378. The number of rotatable bonds is 6. The zero-order valence-corrected chi connectivity index (χ0v) is 18.1. The average Bonchev–Trinajstić information content (AvgIpc) is 2.59. The molecule has 0 bridgehead atoms. The highest BCUT2D eigenvalue weighted by Crippen LogP contribution is 2.20. The number of nitrogens with one attached hydrogen (secondary N) is 1. The van der Waals surface area contributed by atoms with Crippen LogP contribution in [0.2, 0.25) is 6.55 Å². The van der Waals surface area contributed by atoms with Crippen molar-refractivity contribution in [3.63, 3.8) is 0 Å². The molecule has 0 aliphatic rings. The maximum Gasteiger partial charge on any atom is 0.133 e. The fraction of sp³-hybridized carbons (Fsp3) is 0.429. The lowest BCUT2D eigenvalue weighted by molar-refractivity contribution is 0.551. The van der Waals surface area contributed by atoms with Crippen LogP contribution >= 0.6 is 0 Å². The van der Waals surface area contributed by atoms with Gasteiger partial charge in [0.2, 0.25) is 0 Å². The van der Waals surface area contributed by atoms with Crippen molar-refractivity contribution in [2.45, 2.75) is 51.6 Å². The van der Waals surface area contributed by atoms with Crippen molar-refractivity contribution in [2.75, 3.05) is 0 Å². The molecule has 0 aliphatic carbocycles. The van der Waals surface area contributed by atoms with Crippen LogP contribution in [0.1, 0.15) is 34.6 Å². The molecule has 4 heteroatoms. The summed E-state index contributed by atoms with van der Waals surface area (Å²) < 4.78 is 16.2. The molecule has 1 N–H and O–H groups in total. The highest BCUT2D eigenvalue weighted by atomic mass is 32.2. The van der Waals surface area contributed by atoms with Crippen molar-refractivity contribution in [1.82, 2.24) is 4.72 Å². The maximum atomic E-state index is 12.9. The van der Waals surface area contributed by atoms with Gasteiger partial charge in [0, 0.05) is 5.67 Å². The molecule has 2 atom stereocenters. The van der Waals surface area contributed by atoms with Crippen LogP contribution in [0, 0.1) is 5.92 Å². The molecule has 2 rings (SSSR count). The molecule has 2 nitrogen and oxygen atoms in total. The van der Waals surface area contributed by atoms with Gasteiger partial charge >= 0.3 is 0 Å². The van der Waals surface area contributed by atoms with Crippen LogP contribution in [0.15, 0.2) is 60.7 Å². The molecule has 0 heterocycles. The third kappa shape index (κ3) is 4.49. The zero-order valence-electron chi connectivity index (χ0n) is 16.2. The van der Waals surface area contributed by atoms with E-state index in [1.807, 2.05) is 20.8 Å². The first-order valence-corrected chi connectivity index (χ1v) is 12.7. The Morgan fingerprint density at radius 1 is 0.880 bits per heavy atom. The highest BCUT2D eigenvalue weighted by molar-refractivity contribution is 7.84. The van der Waals surface area contributed by atoms with Gasteiger partial charge in [0.1, 0.15) is 8.07 Å². The van der Waals surface area contributed by atoms with Crippen LogP contribution in [0.3, 0.4) is 0 Å². The molecular formula is C21H31NOSSi. The van der Waals surface area contributed by atoms with Gasteiger partial charge in [0.15, 0.2) is 0 Å². The number of hydrogen-bond acceptors (Lipinski definition) is 1. The monoisotopic (exact) mass is 373 g/mol. The van der Waals surface area contributed by atoms with E-state index in [2.05, 4.69) is 85.8 Å². The average molecular weight is 374 g/mol. The summed E-state index contributed by atoms with van der Waals surface area (Å²) in [6, 6.07) is 21.5. The lowest BCUT2D eigenvalue weighted by Crippen LogP contribution is -2.70. The van der Waals surface area contributed by atoms with Crippen LogP contribution in [-0.2, 0) is 11.0 Å². The second-order valence-corrected chi connectivity index (χ2v) is 14.3. The van der Waals surface area contributed by atoms with E-state index in [-0.39, 0.29) is 10.4 Å². The zero-order chi connectivity index (χ0) is 18.7. The first kappa shape index (κ1) is 20.1. The Labute approximate surface area is 156 Å². The van der Waals surface area contributed by atoms with E-state index < -0.39 is 19.1 Å². The van der Waals surface area contributed by atoms with E-state index in [0.717, 1.165) is 0 Å². The van der Waals surface area contributed by atoms with Gasteiger partial charge in [-0.25, -0.2) is 8.93 Å². The van der Waals surface area contributed by atoms with Crippen LogP contribution in [0.5, 0.6) is 0 Å². The first-order valence-electron chi connectivity index (χ1n) is 8.96. The second kappa shape index (κ2) is 7.98. The van der Waals surface area contributed by atoms with Gasteiger partial charge in [0.25, 0.3) is 0 Å². The molecule has 2 aromatic carbocycles. The minimum absolute atomic E-state index is 0.178. The Bertz CT molecular complexity index is 655. The van der Waals surface area contributed by atoms with Gasteiger partial charge in [-0.15, -0.1) is 0 Å². The second-order valence-electron chi connectivity index (χ2n) is 8.16. The molecule has 0 aliphatic heterocycles. The molecule has 0 unspecified atom stereocenters. The summed E-state index contributed by atoms with van der Waals surface area (Å²) in [7, 11) is -3.24. The van der Waals surface area contributed by atoms with Gasteiger partial charge in [-0.3, -0.25) is 0 Å². The van der Waals surface area contributed by atoms with Gasteiger partial charge in [-0.05, 0) is 26.7 Å². The molecule has 0 radical (unpaired) electrons. The van der Waals surface area contributed by atoms with E-state index in [0.29, 0.717) is 5.92 Å². The number of benzene rings is 2. The predicted octanol–water partition coefficient (Wildman–Crippen LogP) is 3.50. The van der Waals surface area contributed by atoms with E-state index in [9.17, 15) is 4.21 Å². The van der Waals surface area contributed by atoms with E-state index in [4.69, 9.17) is 0 Å². The van der Waals surface area contributed by atoms with Crippen LogP contribution in [0.4, 0.5) is 0 Å². The van der Waals surface area contributed by atoms with Crippen LogP contribution in [-0.4, -0.2) is 22.7 Å². The molecule has 0 saturated heterocycles. The lowest BCUT2D eigenvalue weighted by Gasteiger charge is -2.40. The van der Waals surface area contributed by atoms with E-state index in [1.165, 1.54) is 10.4 Å². The quantitative estimate of drug-likeness (QED) is 0.772. The number of hydrogen-bond donors (Lipinski definition) is 1. The van der Waals surface area contributed by atoms with Crippen molar-refractivity contribution in [3.05, 3.63) is 60.7 Å². The van der Waals surface area contributed by atoms with Crippen molar-refractivity contribution in [3.8, 4) is 0 Å². The Morgan fingerprint density at radius 3 is 1.60 bits per heavy atom. The molecule has 0 saturated carbocycles. The first-order chi connectivity index (χ1) is 11.7. The summed E-state index contributed by atoms with van der Waals surface area (Å²) in [4.78, 5) is 0. The van der Waals surface area contributed by atoms with E-state index in [1.54, 1.807) is 0 Å². The molecule has 0 spiro atoms. The third-order valence-corrected chi connectivity index (χ3v) is 11.7. The van der Waals surface area contributed by atoms with Crippen LogP contribution in [0.25, 0.3) is 0 Å². The SMILES string of the molecule is CC(C)[C@H](N[S@](=O)C(C)(C)C)[Si](C)(c1ccccc1)c1ccccc1.